The number of hydrogen-bond donors (Lipinski definition) is 1. The Bertz CT molecular complexity index is 326. The van der Waals surface area contributed by atoms with E-state index in [4.69, 9.17) is 0 Å². The lowest BCUT2D eigenvalue weighted by atomic mass is 10.0. The maximum atomic E-state index is 4.05. The number of aromatic nitrogens is 1. The van der Waals surface area contributed by atoms with Crippen LogP contribution in [0.3, 0.4) is 0 Å². The standard InChI is InChI=1S/C13H19N3/c1-4-14-5-2-11(1)3-6-16-9-12-7-15-8-13(12)10-16/h1-2,4-5,12-13,15H,3,6-10H2/t12-,13+. The van der Waals surface area contributed by atoms with Crippen LogP contribution >= 0.6 is 0 Å². The molecule has 2 aliphatic heterocycles. The van der Waals surface area contributed by atoms with Crippen molar-refractivity contribution in [1.29, 1.82) is 0 Å². The Balaban J connectivity index is 1.50. The highest BCUT2D eigenvalue weighted by Crippen LogP contribution is 2.26. The molecule has 0 bridgehead atoms. The molecule has 1 aromatic rings. The molecule has 2 saturated heterocycles. The zero-order valence-corrected chi connectivity index (χ0v) is 9.60. The van der Waals surface area contributed by atoms with Crippen LogP contribution in [0.5, 0.6) is 0 Å². The first-order chi connectivity index (χ1) is 7.92. The van der Waals surface area contributed by atoms with Crippen molar-refractivity contribution < 1.29 is 0 Å². The second-order valence-electron chi connectivity index (χ2n) is 5.04. The summed E-state index contributed by atoms with van der Waals surface area (Å²) in [6.45, 7) is 6.26. The predicted octanol–water partition coefficient (Wildman–Crippen LogP) is 0.775. The van der Waals surface area contributed by atoms with Crippen molar-refractivity contribution >= 4 is 0 Å². The first-order valence-electron chi connectivity index (χ1n) is 6.24. The lowest BCUT2D eigenvalue weighted by molar-refractivity contribution is 0.317. The summed E-state index contributed by atoms with van der Waals surface area (Å²) >= 11 is 0. The molecule has 2 atom stereocenters. The topological polar surface area (TPSA) is 28.2 Å². The normalized spacial score (nSPS) is 29.5. The van der Waals surface area contributed by atoms with Gasteiger partial charge >= 0.3 is 0 Å². The Labute approximate surface area is 96.9 Å². The monoisotopic (exact) mass is 217 g/mol. The van der Waals surface area contributed by atoms with Crippen molar-refractivity contribution in [2.24, 2.45) is 11.8 Å². The molecule has 1 aromatic heterocycles. The maximum absolute atomic E-state index is 4.05. The van der Waals surface area contributed by atoms with Crippen LogP contribution in [0.25, 0.3) is 0 Å². The van der Waals surface area contributed by atoms with Crippen LogP contribution < -0.4 is 5.32 Å². The van der Waals surface area contributed by atoms with Crippen LogP contribution in [0.1, 0.15) is 5.56 Å². The molecule has 86 valence electrons. The first kappa shape index (κ1) is 10.2. The smallest absolute Gasteiger partial charge is 0.0270 e. The zero-order valence-electron chi connectivity index (χ0n) is 9.60. The average molecular weight is 217 g/mol. The van der Waals surface area contributed by atoms with Crippen LogP contribution in [-0.4, -0.2) is 42.6 Å². The summed E-state index contributed by atoms with van der Waals surface area (Å²) in [4.78, 5) is 6.67. The first-order valence-corrected chi connectivity index (χ1v) is 6.24. The van der Waals surface area contributed by atoms with E-state index in [1.54, 1.807) is 0 Å². The minimum atomic E-state index is 0.914. The number of rotatable bonds is 3. The van der Waals surface area contributed by atoms with Crippen molar-refractivity contribution in [2.45, 2.75) is 6.42 Å². The number of fused-ring (bicyclic) bond motifs is 1. The minimum absolute atomic E-state index is 0.914. The van der Waals surface area contributed by atoms with E-state index < -0.39 is 0 Å². The molecule has 3 heterocycles. The fourth-order valence-electron chi connectivity index (χ4n) is 2.97. The molecule has 16 heavy (non-hydrogen) atoms. The third-order valence-corrected chi connectivity index (χ3v) is 3.93. The van der Waals surface area contributed by atoms with E-state index >= 15 is 0 Å². The molecule has 0 radical (unpaired) electrons. The molecule has 0 spiro atoms. The summed E-state index contributed by atoms with van der Waals surface area (Å²) in [6.07, 6.45) is 4.94. The van der Waals surface area contributed by atoms with Crippen LogP contribution in [0.15, 0.2) is 24.5 Å². The summed E-state index contributed by atoms with van der Waals surface area (Å²) < 4.78 is 0. The number of likely N-dealkylation sites (tertiary alicyclic amines) is 1. The average Bonchev–Trinajstić information content (AvgIpc) is 2.88. The van der Waals surface area contributed by atoms with Gasteiger partial charge in [-0.1, -0.05) is 0 Å². The van der Waals surface area contributed by atoms with Crippen molar-refractivity contribution in [3.05, 3.63) is 30.1 Å². The Morgan fingerprint density at radius 1 is 1.19 bits per heavy atom. The van der Waals surface area contributed by atoms with Crippen molar-refractivity contribution in [1.82, 2.24) is 15.2 Å². The van der Waals surface area contributed by atoms with Crippen molar-refractivity contribution in [3.63, 3.8) is 0 Å². The highest BCUT2D eigenvalue weighted by molar-refractivity contribution is 5.10. The van der Waals surface area contributed by atoms with Gasteiger partial charge in [0.2, 0.25) is 0 Å². The van der Waals surface area contributed by atoms with Gasteiger partial charge in [-0.05, 0) is 49.0 Å². The lowest BCUT2D eigenvalue weighted by Gasteiger charge is -2.16. The van der Waals surface area contributed by atoms with Gasteiger partial charge in [-0.15, -0.1) is 0 Å². The Morgan fingerprint density at radius 3 is 2.56 bits per heavy atom. The lowest BCUT2D eigenvalue weighted by Crippen LogP contribution is -2.27. The van der Waals surface area contributed by atoms with E-state index in [0.29, 0.717) is 0 Å². The number of nitrogens with one attached hydrogen (secondary N) is 1. The highest BCUT2D eigenvalue weighted by atomic mass is 15.2. The molecule has 3 rings (SSSR count). The van der Waals surface area contributed by atoms with E-state index in [-0.39, 0.29) is 0 Å². The van der Waals surface area contributed by atoms with E-state index in [1.807, 2.05) is 12.4 Å². The molecule has 0 saturated carbocycles. The van der Waals surface area contributed by atoms with Crippen molar-refractivity contribution in [3.8, 4) is 0 Å². The van der Waals surface area contributed by atoms with Gasteiger partial charge in [-0.25, -0.2) is 0 Å². The largest absolute Gasteiger partial charge is 0.316 e. The summed E-state index contributed by atoms with van der Waals surface area (Å²) in [5, 5.41) is 3.48. The Kier molecular flexibility index (Phi) is 2.89. The fourth-order valence-corrected chi connectivity index (χ4v) is 2.97. The van der Waals surface area contributed by atoms with E-state index in [1.165, 1.54) is 38.3 Å². The van der Waals surface area contributed by atoms with E-state index in [2.05, 4.69) is 27.3 Å². The molecule has 0 unspecified atom stereocenters. The van der Waals surface area contributed by atoms with Gasteiger partial charge in [0, 0.05) is 32.0 Å². The maximum Gasteiger partial charge on any atom is 0.0270 e. The predicted molar refractivity (Wildman–Crippen MR) is 64.2 cm³/mol. The molecule has 2 fully saturated rings. The third kappa shape index (κ3) is 2.11. The molecule has 3 heteroatoms. The molecular formula is C13H19N3. The second kappa shape index (κ2) is 4.52. The van der Waals surface area contributed by atoms with E-state index in [9.17, 15) is 0 Å². The molecule has 1 N–H and O–H groups in total. The van der Waals surface area contributed by atoms with Gasteiger partial charge in [-0.2, -0.15) is 0 Å². The molecule has 0 amide bonds. The SMILES string of the molecule is c1cc(CCN2C[C@H]3CNC[C@H]3C2)ccn1. The molecule has 0 aliphatic carbocycles. The number of pyridine rings is 1. The Hall–Kier alpha value is -0.930. The molecule has 0 aromatic carbocycles. The summed E-state index contributed by atoms with van der Waals surface area (Å²) in [6, 6.07) is 4.25. The number of nitrogens with zero attached hydrogens (tertiary/aromatic N) is 2. The molecule has 3 nitrogen and oxygen atoms in total. The fraction of sp³-hybridized carbons (Fsp3) is 0.615. The molecule has 2 aliphatic rings. The summed E-state index contributed by atoms with van der Waals surface area (Å²) in [7, 11) is 0. The van der Waals surface area contributed by atoms with Crippen LogP contribution in [0.2, 0.25) is 0 Å². The van der Waals surface area contributed by atoms with Gasteiger partial charge in [-0.3, -0.25) is 4.98 Å². The zero-order chi connectivity index (χ0) is 10.8. The minimum Gasteiger partial charge on any atom is -0.316 e. The highest BCUT2D eigenvalue weighted by Gasteiger charge is 2.35. The Morgan fingerprint density at radius 2 is 1.88 bits per heavy atom. The van der Waals surface area contributed by atoms with Gasteiger partial charge in [0.15, 0.2) is 0 Å². The van der Waals surface area contributed by atoms with E-state index in [0.717, 1.165) is 18.3 Å². The van der Waals surface area contributed by atoms with Gasteiger partial charge in [0.1, 0.15) is 0 Å². The second-order valence-corrected chi connectivity index (χ2v) is 5.04. The van der Waals surface area contributed by atoms with Crippen LogP contribution in [-0.2, 0) is 6.42 Å². The quantitative estimate of drug-likeness (QED) is 0.811. The number of hydrogen-bond acceptors (Lipinski definition) is 3. The third-order valence-electron chi connectivity index (χ3n) is 3.93. The van der Waals surface area contributed by atoms with Crippen LogP contribution in [0.4, 0.5) is 0 Å². The van der Waals surface area contributed by atoms with Crippen molar-refractivity contribution in [2.75, 3.05) is 32.7 Å². The van der Waals surface area contributed by atoms with Gasteiger partial charge in [0.25, 0.3) is 0 Å². The molecular weight excluding hydrogens is 198 g/mol. The summed E-state index contributed by atoms with van der Waals surface area (Å²) in [5.41, 5.74) is 1.41. The van der Waals surface area contributed by atoms with Gasteiger partial charge < -0.3 is 10.2 Å². The van der Waals surface area contributed by atoms with Crippen LogP contribution in [0, 0.1) is 11.8 Å². The van der Waals surface area contributed by atoms with Gasteiger partial charge in [0.05, 0.1) is 0 Å². The summed E-state index contributed by atoms with van der Waals surface area (Å²) in [5.74, 6) is 1.83.